The van der Waals surface area contributed by atoms with Gasteiger partial charge in [0.2, 0.25) is 5.95 Å². The first-order valence-corrected chi connectivity index (χ1v) is 11.4. The molecule has 1 saturated heterocycles. The Labute approximate surface area is 198 Å². The van der Waals surface area contributed by atoms with Crippen LogP contribution in [-0.2, 0) is 6.61 Å². The van der Waals surface area contributed by atoms with Gasteiger partial charge in [-0.3, -0.25) is 0 Å². The van der Waals surface area contributed by atoms with Crippen LogP contribution in [0.1, 0.15) is 53.8 Å². The molecule has 3 aromatic rings. The van der Waals surface area contributed by atoms with Gasteiger partial charge in [-0.25, -0.2) is 14.8 Å². The van der Waals surface area contributed by atoms with Gasteiger partial charge < -0.3 is 19.5 Å². The summed E-state index contributed by atoms with van der Waals surface area (Å²) in [6.07, 6.45) is 4.25. The highest BCUT2D eigenvalue weighted by atomic mass is 35.5. The maximum Gasteiger partial charge on any atom is 0.339 e. The van der Waals surface area contributed by atoms with Crippen LogP contribution in [0.3, 0.4) is 0 Å². The summed E-state index contributed by atoms with van der Waals surface area (Å²) in [5.41, 5.74) is 1.50. The Hall–Kier alpha value is -3.32. The fourth-order valence-corrected chi connectivity index (χ4v) is 4.00. The van der Waals surface area contributed by atoms with Crippen LogP contribution in [0.15, 0.2) is 54.7 Å². The van der Waals surface area contributed by atoms with Crippen LogP contribution < -0.4 is 14.4 Å². The first kappa shape index (κ1) is 22.9. The van der Waals surface area contributed by atoms with Gasteiger partial charge in [0.25, 0.3) is 0 Å². The fraction of sp³-hybridized carbons (Fsp3) is 0.320. The highest BCUT2D eigenvalue weighted by Crippen LogP contribution is 2.35. The van der Waals surface area contributed by atoms with E-state index in [1.165, 1.54) is 6.20 Å². The van der Waals surface area contributed by atoms with Gasteiger partial charge in [0.05, 0.1) is 18.3 Å². The predicted molar refractivity (Wildman–Crippen MR) is 126 cm³/mol. The number of ether oxygens (including phenoxy) is 2. The average Bonchev–Trinajstić information content (AvgIpc) is 3.32. The van der Waals surface area contributed by atoms with Crippen LogP contribution >= 0.6 is 11.6 Å². The summed E-state index contributed by atoms with van der Waals surface area (Å²) in [4.78, 5) is 22.8. The number of nitrogens with zero attached hydrogens (tertiary/aromatic N) is 3. The quantitative estimate of drug-likeness (QED) is 0.442. The van der Waals surface area contributed by atoms with Crippen molar-refractivity contribution in [2.24, 2.45) is 0 Å². The summed E-state index contributed by atoms with van der Waals surface area (Å²) in [5.74, 6) is 0.788. The number of rotatable bonds is 9. The molecule has 33 heavy (non-hydrogen) atoms. The minimum absolute atomic E-state index is 0.0196. The third kappa shape index (κ3) is 5.54. The minimum Gasteiger partial charge on any atom is -0.494 e. The van der Waals surface area contributed by atoms with Gasteiger partial charge in [-0.15, -0.1) is 0 Å². The van der Waals surface area contributed by atoms with Gasteiger partial charge in [-0.2, -0.15) is 0 Å². The molecule has 1 aromatic heterocycles. The van der Waals surface area contributed by atoms with Gasteiger partial charge in [0.15, 0.2) is 0 Å². The van der Waals surface area contributed by atoms with Crippen LogP contribution in [0.5, 0.6) is 11.5 Å². The minimum atomic E-state index is -1.08. The molecule has 0 spiro atoms. The van der Waals surface area contributed by atoms with Crippen molar-refractivity contribution in [2.45, 2.75) is 38.8 Å². The Kier molecular flexibility index (Phi) is 7.29. The number of hydrogen-bond acceptors (Lipinski definition) is 6. The summed E-state index contributed by atoms with van der Waals surface area (Å²) < 4.78 is 11.4. The van der Waals surface area contributed by atoms with E-state index in [4.69, 9.17) is 21.1 Å². The summed E-state index contributed by atoms with van der Waals surface area (Å²) in [6, 6.07) is 15.1. The SMILES string of the molecule is CCCOc1ccc(OCc2nc(N3CCCC3c3ccc(Cl)cc3)ncc2C(=O)O)cc1. The number of aromatic carboxylic acids is 1. The number of benzene rings is 2. The lowest BCUT2D eigenvalue weighted by Crippen LogP contribution is -2.26. The van der Waals surface area contributed by atoms with Crippen LogP contribution in [0, 0.1) is 0 Å². The molecule has 0 amide bonds. The Bertz CT molecular complexity index is 1090. The topological polar surface area (TPSA) is 84.8 Å². The second-order valence-corrected chi connectivity index (χ2v) is 8.28. The van der Waals surface area contributed by atoms with Crippen molar-refractivity contribution in [1.29, 1.82) is 0 Å². The molecular formula is C25H26ClN3O4. The van der Waals surface area contributed by atoms with E-state index in [1.54, 1.807) is 12.1 Å². The van der Waals surface area contributed by atoms with E-state index in [1.807, 2.05) is 43.3 Å². The van der Waals surface area contributed by atoms with Crippen LogP contribution in [0.4, 0.5) is 5.95 Å². The van der Waals surface area contributed by atoms with Gasteiger partial charge in [0.1, 0.15) is 23.7 Å². The third-order valence-corrected chi connectivity index (χ3v) is 5.77. The third-order valence-electron chi connectivity index (χ3n) is 5.52. The maximum absolute atomic E-state index is 11.8. The van der Waals surface area contributed by atoms with Crippen molar-refractivity contribution >= 4 is 23.5 Å². The van der Waals surface area contributed by atoms with Gasteiger partial charge in [-0.05, 0) is 61.2 Å². The van der Waals surface area contributed by atoms with Crippen LogP contribution in [0.25, 0.3) is 0 Å². The lowest BCUT2D eigenvalue weighted by Gasteiger charge is -2.25. The molecule has 1 N–H and O–H groups in total. The Morgan fingerprint density at radius 2 is 1.82 bits per heavy atom. The molecule has 2 aromatic carbocycles. The molecule has 8 heteroatoms. The largest absolute Gasteiger partial charge is 0.494 e. The lowest BCUT2D eigenvalue weighted by atomic mass is 10.1. The average molecular weight is 468 g/mol. The molecule has 0 bridgehead atoms. The van der Waals surface area contributed by atoms with Gasteiger partial charge in [-0.1, -0.05) is 30.7 Å². The molecule has 0 aliphatic carbocycles. The number of carboxylic acids is 1. The van der Waals surface area contributed by atoms with Crippen molar-refractivity contribution in [3.8, 4) is 11.5 Å². The number of carboxylic acid groups (broad SMARTS) is 1. The molecule has 2 heterocycles. The number of hydrogen-bond donors (Lipinski definition) is 1. The molecule has 1 atom stereocenters. The van der Waals surface area contributed by atoms with Crippen molar-refractivity contribution in [1.82, 2.24) is 9.97 Å². The zero-order chi connectivity index (χ0) is 23.2. The standard InChI is InChI=1S/C25H26ClN3O4/c1-2-14-32-19-9-11-20(12-10-19)33-16-22-21(24(30)31)15-27-25(28-22)29-13-3-4-23(29)17-5-7-18(26)8-6-17/h5-12,15,23H,2-4,13-14,16H2,1H3,(H,30,31). The Balaban J connectivity index is 1.53. The van der Waals surface area contributed by atoms with Gasteiger partial charge >= 0.3 is 5.97 Å². The smallest absolute Gasteiger partial charge is 0.339 e. The Morgan fingerprint density at radius 1 is 1.12 bits per heavy atom. The lowest BCUT2D eigenvalue weighted by molar-refractivity contribution is 0.0692. The zero-order valence-electron chi connectivity index (χ0n) is 18.4. The summed E-state index contributed by atoms with van der Waals surface area (Å²) in [6.45, 7) is 3.51. The number of anilines is 1. The molecule has 1 unspecified atom stereocenters. The summed E-state index contributed by atoms with van der Waals surface area (Å²) in [5, 5.41) is 10.3. The molecule has 1 aliphatic heterocycles. The van der Waals surface area contributed by atoms with Crippen molar-refractivity contribution in [3.05, 3.63) is 76.6 Å². The van der Waals surface area contributed by atoms with Crippen LogP contribution in [0.2, 0.25) is 5.02 Å². The number of halogens is 1. The molecule has 0 saturated carbocycles. The predicted octanol–water partition coefficient (Wildman–Crippen LogP) is 5.54. The van der Waals surface area contributed by atoms with E-state index in [9.17, 15) is 9.90 Å². The van der Waals surface area contributed by atoms with E-state index in [0.29, 0.717) is 29.0 Å². The molecule has 1 aliphatic rings. The molecule has 4 rings (SSSR count). The molecule has 1 fully saturated rings. The van der Waals surface area contributed by atoms with E-state index < -0.39 is 5.97 Å². The highest BCUT2D eigenvalue weighted by molar-refractivity contribution is 6.30. The van der Waals surface area contributed by atoms with Gasteiger partial charge in [0, 0.05) is 17.8 Å². The molecule has 7 nitrogen and oxygen atoms in total. The van der Waals surface area contributed by atoms with Crippen molar-refractivity contribution in [2.75, 3.05) is 18.1 Å². The molecule has 0 radical (unpaired) electrons. The Morgan fingerprint density at radius 3 is 2.48 bits per heavy atom. The van der Waals surface area contributed by atoms with E-state index in [-0.39, 0.29) is 18.2 Å². The van der Waals surface area contributed by atoms with E-state index in [0.717, 1.165) is 37.1 Å². The number of aromatic nitrogens is 2. The first-order valence-electron chi connectivity index (χ1n) is 11.0. The summed E-state index contributed by atoms with van der Waals surface area (Å²) in [7, 11) is 0. The second-order valence-electron chi connectivity index (χ2n) is 7.85. The van der Waals surface area contributed by atoms with Crippen molar-refractivity contribution < 1.29 is 19.4 Å². The highest BCUT2D eigenvalue weighted by Gasteiger charge is 2.29. The summed E-state index contributed by atoms with van der Waals surface area (Å²) >= 11 is 6.04. The molecular weight excluding hydrogens is 442 g/mol. The molecule has 172 valence electrons. The fourth-order valence-electron chi connectivity index (χ4n) is 3.87. The monoisotopic (exact) mass is 467 g/mol. The maximum atomic E-state index is 11.8. The van der Waals surface area contributed by atoms with E-state index in [2.05, 4.69) is 14.9 Å². The second kappa shape index (κ2) is 10.5. The normalized spacial score (nSPS) is 15.5. The van der Waals surface area contributed by atoms with Crippen molar-refractivity contribution in [3.63, 3.8) is 0 Å². The zero-order valence-corrected chi connectivity index (χ0v) is 19.2. The van der Waals surface area contributed by atoms with E-state index >= 15 is 0 Å². The first-order chi connectivity index (χ1) is 16.0. The van der Waals surface area contributed by atoms with Crippen LogP contribution in [-0.4, -0.2) is 34.2 Å². The number of carbonyl (C=O) groups is 1.